The van der Waals surface area contributed by atoms with E-state index in [0.717, 1.165) is 16.8 Å². The first-order chi connectivity index (χ1) is 9.97. The molecule has 0 amide bonds. The highest BCUT2D eigenvalue weighted by atomic mass is 19.2. The molecule has 1 aromatic heterocycles. The lowest BCUT2D eigenvalue weighted by atomic mass is 10.0. The van der Waals surface area contributed by atoms with Crippen LogP contribution in [0.3, 0.4) is 0 Å². The second-order valence-corrected chi connectivity index (χ2v) is 4.68. The highest BCUT2D eigenvalue weighted by molar-refractivity contribution is 5.76. The smallest absolute Gasteiger partial charge is 0.194 e. The van der Waals surface area contributed by atoms with Crippen LogP contribution in [-0.4, -0.2) is 16.1 Å². The van der Waals surface area contributed by atoms with Gasteiger partial charge in [0.05, 0.1) is 16.9 Å². The molecule has 0 bridgehead atoms. The maximum Gasteiger partial charge on any atom is 0.194 e. The molecule has 1 atom stereocenters. The van der Waals surface area contributed by atoms with Gasteiger partial charge in [-0.3, -0.25) is 4.79 Å². The molecule has 0 radical (unpaired) electrons. The average Bonchev–Trinajstić information content (AvgIpc) is 2.88. The van der Waals surface area contributed by atoms with E-state index < -0.39 is 17.5 Å². The molecule has 0 aliphatic carbocycles. The first-order valence-corrected chi connectivity index (χ1v) is 6.28. The third-order valence-corrected chi connectivity index (χ3v) is 3.12. The molecule has 110 valence electrons. The molecule has 0 fully saturated rings. The maximum absolute atomic E-state index is 13.3. The minimum absolute atomic E-state index is 0.00607. The van der Waals surface area contributed by atoms with Crippen LogP contribution in [0, 0.1) is 17.5 Å². The SMILES string of the molecule is C=CCC(C)c1nn(-c2cc(F)c(F)c(F)c2)cc1C=O. The van der Waals surface area contributed by atoms with Crippen LogP contribution in [0.4, 0.5) is 13.2 Å². The number of nitrogens with zero attached hydrogens (tertiary/aromatic N) is 2. The Hall–Kier alpha value is -2.37. The molecule has 0 aliphatic heterocycles. The fourth-order valence-electron chi connectivity index (χ4n) is 2.04. The summed E-state index contributed by atoms with van der Waals surface area (Å²) in [6.07, 6.45) is 4.27. The molecule has 0 aliphatic rings. The highest BCUT2D eigenvalue weighted by Crippen LogP contribution is 2.23. The number of allylic oxidation sites excluding steroid dienone is 1. The molecule has 0 spiro atoms. The number of halogens is 3. The Bertz CT molecular complexity index is 671. The molecule has 0 saturated heterocycles. The van der Waals surface area contributed by atoms with E-state index in [9.17, 15) is 18.0 Å². The van der Waals surface area contributed by atoms with E-state index in [2.05, 4.69) is 11.7 Å². The van der Waals surface area contributed by atoms with Gasteiger partial charge in [0.1, 0.15) is 0 Å². The van der Waals surface area contributed by atoms with Crippen molar-refractivity contribution in [3.63, 3.8) is 0 Å². The summed E-state index contributed by atoms with van der Waals surface area (Å²) >= 11 is 0. The lowest BCUT2D eigenvalue weighted by Gasteiger charge is -2.06. The van der Waals surface area contributed by atoms with Crippen molar-refractivity contribution >= 4 is 6.29 Å². The quantitative estimate of drug-likeness (QED) is 0.478. The van der Waals surface area contributed by atoms with Crippen LogP contribution in [0.15, 0.2) is 31.0 Å². The fraction of sp³-hybridized carbons (Fsp3) is 0.200. The minimum atomic E-state index is -1.54. The second-order valence-electron chi connectivity index (χ2n) is 4.68. The average molecular weight is 294 g/mol. The minimum Gasteiger partial charge on any atom is -0.298 e. The Morgan fingerprint density at radius 2 is 1.95 bits per heavy atom. The molecule has 1 heterocycles. The lowest BCUT2D eigenvalue weighted by Crippen LogP contribution is -2.02. The van der Waals surface area contributed by atoms with Gasteiger partial charge < -0.3 is 0 Å². The molecule has 1 aromatic carbocycles. The van der Waals surface area contributed by atoms with Gasteiger partial charge >= 0.3 is 0 Å². The van der Waals surface area contributed by atoms with Gasteiger partial charge in [0.2, 0.25) is 0 Å². The van der Waals surface area contributed by atoms with E-state index in [0.29, 0.717) is 24.0 Å². The van der Waals surface area contributed by atoms with E-state index in [-0.39, 0.29) is 11.6 Å². The molecular formula is C15H13F3N2O. The summed E-state index contributed by atoms with van der Waals surface area (Å²) in [5.74, 6) is -4.23. The summed E-state index contributed by atoms with van der Waals surface area (Å²) < 4.78 is 40.6. The van der Waals surface area contributed by atoms with Crippen molar-refractivity contribution in [2.24, 2.45) is 0 Å². The third kappa shape index (κ3) is 2.89. The monoisotopic (exact) mass is 294 g/mol. The Labute approximate surface area is 119 Å². The van der Waals surface area contributed by atoms with Crippen molar-refractivity contribution in [3.05, 3.63) is 59.7 Å². The van der Waals surface area contributed by atoms with Crippen LogP contribution in [0.2, 0.25) is 0 Å². The van der Waals surface area contributed by atoms with Crippen molar-refractivity contribution < 1.29 is 18.0 Å². The van der Waals surface area contributed by atoms with Crippen LogP contribution < -0.4 is 0 Å². The summed E-state index contributed by atoms with van der Waals surface area (Å²) in [4.78, 5) is 11.1. The highest BCUT2D eigenvalue weighted by Gasteiger charge is 2.17. The molecule has 0 N–H and O–H groups in total. The maximum atomic E-state index is 13.3. The number of rotatable bonds is 5. The molecule has 1 unspecified atom stereocenters. The van der Waals surface area contributed by atoms with Gasteiger partial charge in [-0.1, -0.05) is 13.0 Å². The first kappa shape index (κ1) is 15.0. The Kier molecular flexibility index (Phi) is 4.26. The van der Waals surface area contributed by atoms with Crippen molar-refractivity contribution in [1.82, 2.24) is 9.78 Å². The number of carbonyl (C=O) groups is 1. The molecule has 6 heteroatoms. The van der Waals surface area contributed by atoms with Crippen LogP contribution in [0.1, 0.15) is 35.3 Å². The zero-order chi connectivity index (χ0) is 15.6. The van der Waals surface area contributed by atoms with Crippen molar-refractivity contribution in [2.45, 2.75) is 19.3 Å². The first-order valence-electron chi connectivity index (χ1n) is 6.28. The predicted molar refractivity (Wildman–Crippen MR) is 72.1 cm³/mol. The van der Waals surface area contributed by atoms with Crippen molar-refractivity contribution in [3.8, 4) is 5.69 Å². The van der Waals surface area contributed by atoms with Gasteiger partial charge in [0.15, 0.2) is 23.7 Å². The molecule has 0 saturated carbocycles. The number of aromatic nitrogens is 2. The topological polar surface area (TPSA) is 34.9 Å². The van der Waals surface area contributed by atoms with Crippen molar-refractivity contribution in [2.75, 3.05) is 0 Å². The number of hydrogen-bond acceptors (Lipinski definition) is 2. The Morgan fingerprint density at radius 3 is 2.48 bits per heavy atom. The third-order valence-electron chi connectivity index (χ3n) is 3.12. The summed E-state index contributed by atoms with van der Waals surface area (Å²) in [7, 11) is 0. The number of aldehydes is 1. The zero-order valence-electron chi connectivity index (χ0n) is 11.3. The van der Waals surface area contributed by atoms with Crippen LogP contribution >= 0.6 is 0 Å². The molecule has 2 aromatic rings. The molecule has 21 heavy (non-hydrogen) atoms. The summed E-state index contributed by atoms with van der Waals surface area (Å²) in [6.45, 7) is 5.47. The van der Waals surface area contributed by atoms with Gasteiger partial charge in [-0.15, -0.1) is 6.58 Å². The van der Waals surface area contributed by atoms with Gasteiger partial charge in [-0.25, -0.2) is 17.9 Å². The predicted octanol–water partition coefficient (Wildman–Crippen LogP) is 3.78. The van der Waals surface area contributed by atoms with E-state index in [1.54, 1.807) is 6.08 Å². The normalized spacial score (nSPS) is 12.2. The largest absolute Gasteiger partial charge is 0.298 e. The number of hydrogen-bond donors (Lipinski definition) is 0. The van der Waals surface area contributed by atoms with Gasteiger partial charge in [-0.05, 0) is 6.42 Å². The Morgan fingerprint density at radius 1 is 1.33 bits per heavy atom. The van der Waals surface area contributed by atoms with Crippen molar-refractivity contribution in [1.29, 1.82) is 0 Å². The van der Waals surface area contributed by atoms with E-state index >= 15 is 0 Å². The number of carbonyl (C=O) groups excluding carboxylic acids is 1. The van der Waals surface area contributed by atoms with Gasteiger partial charge in [0, 0.05) is 24.2 Å². The Balaban J connectivity index is 2.50. The van der Waals surface area contributed by atoms with Crippen LogP contribution in [0.5, 0.6) is 0 Å². The van der Waals surface area contributed by atoms with E-state index in [4.69, 9.17) is 0 Å². The number of benzene rings is 1. The van der Waals surface area contributed by atoms with Gasteiger partial charge in [-0.2, -0.15) is 5.10 Å². The van der Waals surface area contributed by atoms with Crippen LogP contribution in [0.25, 0.3) is 5.69 Å². The molecule has 3 nitrogen and oxygen atoms in total. The molecular weight excluding hydrogens is 281 g/mol. The molecule has 2 rings (SSSR count). The lowest BCUT2D eigenvalue weighted by molar-refractivity contribution is 0.112. The fourth-order valence-corrected chi connectivity index (χ4v) is 2.04. The van der Waals surface area contributed by atoms with E-state index in [1.807, 2.05) is 6.92 Å². The summed E-state index contributed by atoms with van der Waals surface area (Å²) in [6, 6.07) is 1.64. The zero-order valence-corrected chi connectivity index (χ0v) is 11.3. The van der Waals surface area contributed by atoms with E-state index in [1.165, 1.54) is 6.20 Å². The summed E-state index contributed by atoms with van der Waals surface area (Å²) in [5.41, 5.74) is 0.816. The standard InChI is InChI=1S/C15H13F3N2O/c1-3-4-9(2)15-10(8-21)7-20(19-15)11-5-12(16)14(18)13(17)6-11/h3,5-9H,1,4H2,2H3. The summed E-state index contributed by atoms with van der Waals surface area (Å²) in [5, 5.41) is 4.16. The van der Waals surface area contributed by atoms with Crippen LogP contribution in [-0.2, 0) is 0 Å². The van der Waals surface area contributed by atoms with Gasteiger partial charge in [0.25, 0.3) is 0 Å². The second kappa shape index (κ2) is 5.95.